The van der Waals surface area contributed by atoms with Gasteiger partial charge in [-0.1, -0.05) is 0 Å². The van der Waals surface area contributed by atoms with Crippen molar-refractivity contribution in [3.63, 3.8) is 0 Å². The van der Waals surface area contributed by atoms with Crippen molar-refractivity contribution in [2.24, 2.45) is 0 Å². The Hall–Kier alpha value is -0.200. The van der Waals surface area contributed by atoms with Gasteiger partial charge in [0.25, 0.3) is 0 Å². The molecule has 0 bridgehead atoms. The number of hydrogen-bond acceptors (Lipinski definition) is 5. The second-order valence-corrected chi connectivity index (χ2v) is 2.70. The first-order chi connectivity index (χ1) is 5.04. The average molecular weight is 164 g/mol. The Balaban J connectivity index is 2.63. The number of hydrogen-bond donors (Lipinski definition) is 4. The standard InChI is InChI=1S/C6H12O5/c1-2-3(7)4(8)5(9)6(10)11-2/h2-10H,1H3/t2-,3+,4+,5-,6-/m0/s1. The van der Waals surface area contributed by atoms with E-state index in [1.165, 1.54) is 6.92 Å². The van der Waals surface area contributed by atoms with Gasteiger partial charge >= 0.3 is 0 Å². The lowest BCUT2D eigenvalue weighted by Gasteiger charge is -2.36. The van der Waals surface area contributed by atoms with Gasteiger partial charge in [-0.3, -0.25) is 0 Å². The molecule has 11 heavy (non-hydrogen) atoms. The Morgan fingerprint density at radius 1 is 0.909 bits per heavy atom. The summed E-state index contributed by atoms with van der Waals surface area (Å²) >= 11 is 0. The zero-order valence-corrected chi connectivity index (χ0v) is 6.08. The molecule has 0 amide bonds. The first-order valence-corrected chi connectivity index (χ1v) is 3.41. The molecule has 1 heterocycles. The topological polar surface area (TPSA) is 90.2 Å². The van der Waals surface area contributed by atoms with Gasteiger partial charge in [0.15, 0.2) is 6.29 Å². The Labute approximate surface area is 63.8 Å². The third kappa shape index (κ3) is 1.52. The summed E-state index contributed by atoms with van der Waals surface area (Å²) in [7, 11) is 0. The lowest BCUT2D eigenvalue weighted by atomic mass is 10.0. The predicted octanol–water partition coefficient (Wildman–Crippen LogP) is -2.19. The van der Waals surface area contributed by atoms with Gasteiger partial charge in [-0.15, -0.1) is 0 Å². The van der Waals surface area contributed by atoms with Crippen LogP contribution in [0.15, 0.2) is 0 Å². The summed E-state index contributed by atoms with van der Waals surface area (Å²) in [4.78, 5) is 0. The highest BCUT2D eigenvalue weighted by atomic mass is 16.6. The number of rotatable bonds is 0. The van der Waals surface area contributed by atoms with E-state index >= 15 is 0 Å². The van der Waals surface area contributed by atoms with Crippen molar-refractivity contribution in [2.45, 2.75) is 37.6 Å². The predicted molar refractivity (Wildman–Crippen MR) is 34.6 cm³/mol. The van der Waals surface area contributed by atoms with Gasteiger partial charge in [0.2, 0.25) is 0 Å². The minimum Gasteiger partial charge on any atom is -0.388 e. The highest BCUT2D eigenvalue weighted by Crippen LogP contribution is 2.18. The molecule has 1 rings (SSSR count). The van der Waals surface area contributed by atoms with Gasteiger partial charge in [0.1, 0.15) is 18.3 Å². The molecule has 0 aliphatic carbocycles. The van der Waals surface area contributed by atoms with Gasteiger partial charge in [0, 0.05) is 0 Å². The summed E-state index contributed by atoms with van der Waals surface area (Å²) in [6.07, 6.45) is -5.99. The largest absolute Gasteiger partial charge is 0.388 e. The van der Waals surface area contributed by atoms with Crippen LogP contribution in [0.25, 0.3) is 0 Å². The van der Waals surface area contributed by atoms with Crippen molar-refractivity contribution >= 4 is 0 Å². The normalized spacial score (nSPS) is 52.6. The van der Waals surface area contributed by atoms with Crippen LogP contribution >= 0.6 is 0 Å². The van der Waals surface area contributed by atoms with E-state index in [4.69, 9.17) is 20.4 Å². The van der Waals surface area contributed by atoms with Crippen molar-refractivity contribution in [3.8, 4) is 0 Å². The van der Waals surface area contributed by atoms with E-state index in [1.807, 2.05) is 0 Å². The molecule has 66 valence electrons. The molecule has 0 radical (unpaired) electrons. The lowest BCUT2D eigenvalue weighted by molar-refractivity contribution is -0.277. The Kier molecular flexibility index (Phi) is 2.46. The smallest absolute Gasteiger partial charge is 0.183 e. The molecule has 1 saturated heterocycles. The molecule has 5 heteroatoms. The van der Waals surface area contributed by atoms with Crippen LogP contribution in [0.1, 0.15) is 6.92 Å². The third-order valence-electron chi connectivity index (χ3n) is 1.83. The van der Waals surface area contributed by atoms with Crippen LogP contribution in [-0.4, -0.2) is 51.1 Å². The SMILES string of the molecule is C[C@@H]1O[C@H](O)[C@@H](O)[C@H](O)[C@@H]1O. The lowest BCUT2D eigenvalue weighted by Crippen LogP contribution is -2.56. The Morgan fingerprint density at radius 2 is 1.45 bits per heavy atom. The minimum atomic E-state index is -1.43. The highest BCUT2D eigenvalue weighted by molar-refractivity contribution is 4.86. The summed E-state index contributed by atoms with van der Waals surface area (Å²) in [6, 6.07) is 0. The zero-order chi connectivity index (χ0) is 8.59. The fourth-order valence-corrected chi connectivity index (χ4v) is 1.03. The molecular formula is C6H12O5. The van der Waals surface area contributed by atoms with Crippen LogP contribution < -0.4 is 0 Å². The summed E-state index contributed by atoms with van der Waals surface area (Å²) in [6.45, 7) is 1.50. The highest BCUT2D eigenvalue weighted by Gasteiger charge is 2.40. The summed E-state index contributed by atoms with van der Waals surface area (Å²) in [5.74, 6) is 0. The molecule has 5 nitrogen and oxygen atoms in total. The van der Waals surface area contributed by atoms with Gasteiger partial charge in [-0.25, -0.2) is 0 Å². The van der Waals surface area contributed by atoms with Crippen LogP contribution in [-0.2, 0) is 4.74 Å². The molecular weight excluding hydrogens is 152 g/mol. The molecule has 0 saturated carbocycles. The first kappa shape index (κ1) is 8.89. The molecule has 0 aromatic rings. The van der Waals surface area contributed by atoms with Crippen LogP contribution in [0.3, 0.4) is 0 Å². The van der Waals surface area contributed by atoms with Crippen molar-refractivity contribution in [3.05, 3.63) is 0 Å². The molecule has 0 aromatic heterocycles. The average Bonchev–Trinajstić information content (AvgIpc) is 1.97. The van der Waals surface area contributed by atoms with Crippen LogP contribution in [0.4, 0.5) is 0 Å². The number of aliphatic hydroxyl groups is 4. The third-order valence-corrected chi connectivity index (χ3v) is 1.83. The van der Waals surface area contributed by atoms with Crippen molar-refractivity contribution in [2.75, 3.05) is 0 Å². The molecule has 1 aliphatic heterocycles. The van der Waals surface area contributed by atoms with Crippen LogP contribution in [0, 0.1) is 0 Å². The van der Waals surface area contributed by atoms with E-state index in [0.717, 1.165) is 0 Å². The van der Waals surface area contributed by atoms with E-state index in [-0.39, 0.29) is 0 Å². The molecule has 5 atom stereocenters. The quantitative estimate of drug-likeness (QED) is 0.326. The maximum atomic E-state index is 9.09. The van der Waals surface area contributed by atoms with Gasteiger partial charge in [-0.05, 0) is 6.92 Å². The molecule has 1 aliphatic rings. The van der Waals surface area contributed by atoms with E-state index in [2.05, 4.69) is 4.74 Å². The summed E-state index contributed by atoms with van der Waals surface area (Å²) in [5.41, 5.74) is 0. The van der Waals surface area contributed by atoms with E-state index < -0.39 is 30.7 Å². The van der Waals surface area contributed by atoms with E-state index in [0.29, 0.717) is 0 Å². The van der Waals surface area contributed by atoms with Crippen LogP contribution in [0.5, 0.6) is 0 Å². The number of aliphatic hydroxyl groups excluding tert-OH is 4. The monoisotopic (exact) mass is 164 g/mol. The van der Waals surface area contributed by atoms with Gasteiger partial charge < -0.3 is 25.2 Å². The second-order valence-electron chi connectivity index (χ2n) is 2.70. The van der Waals surface area contributed by atoms with Crippen molar-refractivity contribution < 1.29 is 25.2 Å². The molecule has 1 fully saturated rings. The minimum absolute atomic E-state index is 0.664. The van der Waals surface area contributed by atoms with E-state index in [1.54, 1.807) is 0 Å². The fraction of sp³-hybridized carbons (Fsp3) is 1.00. The Bertz CT molecular complexity index is 125. The molecule has 0 aromatic carbocycles. The maximum Gasteiger partial charge on any atom is 0.183 e. The van der Waals surface area contributed by atoms with Crippen molar-refractivity contribution in [1.82, 2.24) is 0 Å². The molecule has 0 unspecified atom stereocenters. The van der Waals surface area contributed by atoms with E-state index in [9.17, 15) is 0 Å². The summed E-state index contributed by atoms with van der Waals surface area (Å²) < 4.78 is 4.68. The summed E-state index contributed by atoms with van der Waals surface area (Å²) in [5, 5.41) is 36.0. The zero-order valence-electron chi connectivity index (χ0n) is 6.08. The first-order valence-electron chi connectivity index (χ1n) is 3.41. The molecule has 0 spiro atoms. The Morgan fingerprint density at radius 3 is 2.00 bits per heavy atom. The molecule has 4 N–H and O–H groups in total. The van der Waals surface area contributed by atoms with Crippen molar-refractivity contribution in [1.29, 1.82) is 0 Å². The fourth-order valence-electron chi connectivity index (χ4n) is 1.03. The number of ether oxygens (including phenoxy) is 1. The second kappa shape index (κ2) is 3.04. The van der Waals surface area contributed by atoms with Gasteiger partial charge in [-0.2, -0.15) is 0 Å². The van der Waals surface area contributed by atoms with Crippen LogP contribution in [0.2, 0.25) is 0 Å². The van der Waals surface area contributed by atoms with Gasteiger partial charge in [0.05, 0.1) is 6.10 Å². The maximum absolute atomic E-state index is 9.09.